The molecular weight excluding hydrogens is 268 g/mol. The maximum Gasteiger partial charge on any atom is 0.362 e. The monoisotopic (exact) mass is 284 g/mol. The van der Waals surface area contributed by atoms with Gasteiger partial charge in [0.25, 0.3) is 0 Å². The summed E-state index contributed by atoms with van der Waals surface area (Å²) in [6.07, 6.45) is 4.07. The lowest BCUT2D eigenvalue weighted by molar-refractivity contribution is 0.0650. The van der Waals surface area contributed by atoms with E-state index in [1.165, 1.54) is 13.1 Å². The fourth-order valence-corrected chi connectivity index (χ4v) is 1.89. The number of hydrogen-bond acceptors (Lipinski definition) is 4. The summed E-state index contributed by atoms with van der Waals surface area (Å²) >= 11 is 0. The molecule has 0 fully saturated rings. The van der Waals surface area contributed by atoms with Gasteiger partial charge in [-0.05, 0) is 18.2 Å². The van der Waals surface area contributed by atoms with E-state index in [2.05, 4.69) is 10.7 Å². The van der Waals surface area contributed by atoms with Gasteiger partial charge in [-0.1, -0.05) is 30.3 Å². The number of aliphatic hydroxyl groups excluding tert-OH is 1. The Morgan fingerprint density at radius 3 is 2.81 bits per heavy atom. The highest BCUT2D eigenvalue weighted by atomic mass is 16.5. The Morgan fingerprint density at radius 2 is 2.14 bits per heavy atom. The van der Waals surface area contributed by atoms with Gasteiger partial charge in [0.2, 0.25) is 0 Å². The fraction of sp³-hybridized carbons (Fsp3) is 0.188. The number of benzene rings is 1. The molecule has 2 rings (SSSR count). The van der Waals surface area contributed by atoms with E-state index in [0.717, 1.165) is 11.8 Å². The van der Waals surface area contributed by atoms with E-state index in [0.29, 0.717) is 5.69 Å². The number of esters is 1. The Bertz CT molecular complexity index is 679. The summed E-state index contributed by atoms with van der Waals surface area (Å²) in [6.45, 7) is 3.41. The number of carbonyl (C=O) groups is 1. The highest BCUT2D eigenvalue weighted by molar-refractivity contribution is 5.87. The first kappa shape index (κ1) is 14.6. The summed E-state index contributed by atoms with van der Waals surface area (Å²) in [5, 5.41) is 8.95. The third kappa shape index (κ3) is 3.61. The first-order chi connectivity index (χ1) is 10.1. The maximum absolute atomic E-state index is 12.0. The Hall–Kier alpha value is -2.78. The van der Waals surface area contributed by atoms with Gasteiger partial charge < -0.3 is 14.4 Å². The van der Waals surface area contributed by atoms with E-state index >= 15 is 0 Å². The average Bonchev–Trinajstić information content (AvgIpc) is 2.96. The van der Waals surface area contributed by atoms with Crippen LogP contribution in [0, 0.1) is 0 Å². The molecule has 0 saturated carbocycles. The maximum atomic E-state index is 12.0. The number of allylic oxidation sites excluding steroid dienone is 1. The minimum absolute atomic E-state index is 0.0460. The van der Waals surface area contributed by atoms with Crippen LogP contribution in [0.1, 0.15) is 35.9 Å². The molecule has 0 bridgehead atoms. The summed E-state index contributed by atoms with van der Waals surface area (Å²) in [7, 11) is 0. The number of aliphatic hydroxyl groups is 1. The second-order valence-electron chi connectivity index (χ2n) is 4.53. The van der Waals surface area contributed by atoms with E-state index in [1.807, 2.05) is 37.3 Å². The SMILES string of the molecule is CC(O)=C=COC(=O)c1cncn1[C@H](C)c1ccccc1. The molecule has 5 nitrogen and oxygen atoms in total. The van der Waals surface area contributed by atoms with Crippen molar-refractivity contribution in [1.82, 2.24) is 9.55 Å². The lowest BCUT2D eigenvalue weighted by atomic mass is 10.1. The molecule has 2 aromatic rings. The van der Waals surface area contributed by atoms with Gasteiger partial charge in [0.15, 0.2) is 0 Å². The highest BCUT2D eigenvalue weighted by Gasteiger charge is 2.17. The number of hydrogen-bond donors (Lipinski definition) is 1. The van der Waals surface area contributed by atoms with E-state index < -0.39 is 5.97 Å². The first-order valence-electron chi connectivity index (χ1n) is 6.48. The van der Waals surface area contributed by atoms with Crippen LogP contribution in [0.5, 0.6) is 0 Å². The standard InChI is InChI=1S/C16H16N2O3/c1-12(19)8-9-21-16(20)15-10-17-11-18(15)13(2)14-6-4-3-5-7-14/h3-7,9-11,13,19H,1-2H3/t8?,13-/m1/s1. The normalized spacial score (nSPS) is 11.3. The zero-order valence-electron chi connectivity index (χ0n) is 11.9. The van der Waals surface area contributed by atoms with Crippen molar-refractivity contribution in [3.63, 3.8) is 0 Å². The molecule has 0 saturated heterocycles. The Morgan fingerprint density at radius 1 is 1.43 bits per heavy atom. The number of rotatable bonds is 4. The second kappa shape index (κ2) is 6.59. The molecule has 1 N–H and O–H groups in total. The predicted octanol–water partition coefficient (Wildman–Crippen LogP) is 3.22. The molecule has 0 unspecified atom stereocenters. The summed E-state index contributed by atoms with van der Waals surface area (Å²) in [4.78, 5) is 16.0. The molecule has 21 heavy (non-hydrogen) atoms. The van der Waals surface area contributed by atoms with Crippen LogP contribution < -0.4 is 0 Å². The fourth-order valence-electron chi connectivity index (χ4n) is 1.89. The molecule has 1 atom stereocenters. The largest absolute Gasteiger partial charge is 0.505 e. The quantitative estimate of drug-likeness (QED) is 0.532. The Labute approximate surface area is 122 Å². The van der Waals surface area contributed by atoms with Gasteiger partial charge in [-0.15, -0.1) is 0 Å². The molecular formula is C16H16N2O3. The van der Waals surface area contributed by atoms with Crippen molar-refractivity contribution in [3.8, 4) is 0 Å². The molecule has 1 heterocycles. The molecule has 108 valence electrons. The first-order valence-corrected chi connectivity index (χ1v) is 6.48. The van der Waals surface area contributed by atoms with Gasteiger partial charge in [-0.3, -0.25) is 0 Å². The van der Waals surface area contributed by atoms with Gasteiger partial charge in [0, 0.05) is 6.92 Å². The third-order valence-corrected chi connectivity index (χ3v) is 3.01. The molecule has 0 amide bonds. The van der Waals surface area contributed by atoms with E-state index in [-0.39, 0.29) is 11.8 Å². The number of ether oxygens (including phenoxy) is 1. The number of imidazole rings is 1. The third-order valence-electron chi connectivity index (χ3n) is 3.01. The Kier molecular flexibility index (Phi) is 4.59. The van der Waals surface area contributed by atoms with E-state index in [1.54, 1.807) is 10.9 Å². The lowest BCUT2D eigenvalue weighted by Crippen LogP contribution is -2.14. The van der Waals surface area contributed by atoms with Gasteiger partial charge >= 0.3 is 5.97 Å². The number of aromatic nitrogens is 2. The zero-order chi connectivity index (χ0) is 15.2. The van der Waals surface area contributed by atoms with Crippen molar-refractivity contribution in [2.24, 2.45) is 0 Å². The summed E-state index contributed by atoms with van der Waals surface area (Å²) < 4.78 is 6.64. The number of carbonyl (C=O) groups excluding carboxylic acids is 1. The molecule has 0 spiro atoms. The van der Waals surface area contributed by atoms with Crippen LogP contribution in [0.4, 0.5) is 0 Å². The van der Waals surface area contributed by atoms with Crippen LogP contribution in [-0.4, -0.2) is 20.6 Å². The van der Waals surface area contributed by atoms with Crippen molar-refractivity contribution < 1.29 is 14.6 Å². The molecule has 0 aliphatic heterocycles. The minimum atomic E-state index is -0.552. The van der Waals surface area contributed by atoms with Crippen LogP contribution in [0.2, 0.25) is 0 Å². The van der Waals surface area contributed by atoms with Crippen LogP contribution in [0.3, 0.4) is 0 Å². The van der Waals surface area contributed by atoms with Gasteiger partial charge in [-0.25, -0.2) is 9.78 Å². The minimum Gasteiger partial charge on any atom is -0.505 e. The summed E-state index contributed by atoms with van der Waals surface area (Å²) in [6, 6.07) is 9.75. The van der Waals surface area contributed by atoms with Crippen LogP contribution in [0.15, 0.2) is 60.6 Å². The molecule has 1 aromatic heterocycles. The Balaban J connectivity index is 2.23. The zero-order valence-corrected chi connectivity index (χ0v) is 11.9. The van der Waals surface area contributed by atoms with Gasteiger partial charge in [-0.2, -0.15) is 0 Å². The average molecular weight is 284 g/mol. The van der Waals surface area contributed by atoms with Gasteiger partial charge in [0.05, 0.1) is 18.6 Å². The van der Waals surface area contributed by atoms with Crippen LogP contribution in [-0.2, 0) is 4.74 Å². The summed E-state index contributed by atoms with van der Waals surface area (Å²) in [5.74, 6) is -0.613. The van der Waals surface area contributed by atoms with Gasteiger partial charge in [0.1, 0.15) is 17.7 Å². The van der Waals surface area contributed by atoms with Crippen molar-refractivity contribution in [2.75, 3.05) is 0 Å². The smallest absolute Gasteiger partial charge is 0.362 e. The second-order valence-corrected chi connectivity index (χ2v) is 4.53. The van der Waals surface area contributed by atoms with Crippen molar-refractivity contribution in [2.45, 2.75) is 19.9 Å². The van der Waals surface area contributed by atoms with Crippen LogP contribution in [0.25, 0.3) is 0 Å². The summed E-state index contributed by atoms with van der Waals surface area (Å²) in [5.41, 5.74) is 3.79. The van der Waals surface area contributed by atoms with Crippen LogP contribution >= 0.6 is 0 Å². The van der Waals surface area contributed by atoms with E-state index in [4.69, 9.17) is 9.84 Å². The van der Waals surface area contributed by atoms with Crippen molar-refractivity contribution in [1.29, 1.82) is 0 Å². The molecule has 1 aromatic carbocycles. The van der Waals surface area contributed by atoms with E-state index in [9.17, 15) is 4.79 Å². The number of nitrogens with zero attached hydrogens (tertiary/aromatic N) is 2. The van der Waals surface area contributed by atoms with Crippen molar-refractivity contribution in [3.05, 3.63) is 71.9 Å². The molecule has 0 radical (unpaired) electrons. The molecule has 0 aliphatic rings. The topological polar surface area (TPSA) is 64.3 Å². The highest BCUT2D eigenvalue weighted by Crippen LogP contribution is 2.19. The van der Waals surface area contributed by atoms with Crippen molar-refractivity contribution >= 4 is 5.97 Å². The molecule has 0 aliphatic carbocycles. The lowest BCUT2D eigenvalue weighted by Gasteiger charge is -2.15. The molecule has 5 heteroatoms. The predicted molar refractivity (Wildman–Crippen MR) is 77.8 cm³/mol.